The largest absolute Gasteiger partial charge is 0.495 e. The van der Waals surface area contributed by atoms with E-state index in [9.17, 15) is 8.42 Å². The second kappa shape index (κ2) is 5.41. The average molecular weight is 300 g/mol. The quantitative estimate of drug-likeness (QED) is 0.933. The Hall–Kier alpha value is -1.86. The lowest BCUT2D eigenvalue weighted by molar-refractivity contribution is 0.403. The molecule has 0 aliphatic heterocycles. The van der Waals surface area contributed by atoms with Gasteiger partial charge in [-0.2, -0.15) is 0 Å². The summed E-state index contributed by atoms with van der Waals surface area (Å²) in [6.07, 6.45) is 2.86. The van der Waals surface area contributed by atoms with Crippen LogP contribution >= 0.6 is 11.6 Å². The van der Waals surface area contributed by atoms with Gasteiger partial charge in [0, 0.05) is 17.4 Å². The van der Waals surface area contributed by atoms with Gasteiger partial charge in [0.2, 0.25) is 5.95 Å². The van der Waals surface area contributed by atoms with Crippen molar-refractivity contribution in [3.8, 4) is 5.75 Å². The molecule has 0 radical (unpaired) electrons. The van der Waals surface area contributed by atoms with Crippen molar-refractivity contribution in [3.63, 3.8) is 0 Å². The number of halogens is 1. The summed E-state index contributed by atoms with van der Waals surface area (Å²) < 4.78 is 31.7. The fourth-order valence-electron chi connectivity index (χ4n) is 1.39. The van der Waals surface area contributed by atoms with E-state index in [1.54, 1.807) is 12.1 Å². The molecular weight excluding hydrogens is 290 g/mol. The van der Waals surface area contributed by atoms with Crippen molar-refractivity contribution in [2.24, 2.45) is 0 Å². The third-order valence-corrected chi connectivity index (χ3v) is 3.79. The van der Waals surface area contributed by atoms with Crippen LogP contribution in [0.2, 0.25) is 5.02 Å². The molecule has 8 heteroatoms. The Balaban J connectivity index is 2.42. The monoisotopic (exact) mass is 299 g/mol. The molecule has 0 saturated heterocycles. The molecule has 0 amide bonds. The van der Waals surface area contributed by atoms with Crippen LogP contribution in [0.3, 0.4) is 0 Å². The Kier molecular flexibility index (Phi) is 3.87. The maximum atomic E-state index is 12.2. The van der Waals surface area contributed by atoms with Gasteiger partial charge >= 0.3 is 0 Å². The van der Waals surface area contributed by atoms with Crippen LogP contribution in [0, 0.1) is 0 Å². The number of methoxy groups -OCH3 is 1. The first kappa shape index (κ1) is 13.6. The number of hydrogen-bond donors (Lipinski definition) is 1. The van der Waals surface area contributed by atoms with Crippen LogP contribution in [-0.2, 0) is 10.0 Å². The number of nitrogens with one attached hydrogen (secondary N) is 1. The number of rotatable bonds is 4. The molecular formula is C11H10ClN3O3S. The molecule has 0 aliphatic rings. The van der Waals surface area contributed by atoms with Crippen LogP contribution in [0.1, 0.15) is 0 Å². The fourth-order valence-corrected chi connectivity index (χ4v) is 2.78. The Bertz CT molecular complexity index is 677. The standard InChI is InChI=1S/C11H10ClN3O3S/c1-18-9-4-3-8(12)7-10(9)19(16,17)15-11-13-5-2-6-14-11/h2-7H,1H3,(H,13,14,15). The highest BCUT2D eigenvalue weighted by molar-refractivity contribution is 7.92. The molecule has 0 atom stereocenters. The molecule has 0 spiro atoms. The van der Waals surface area contributed by atoms with Crippen LogP contribution in [0.15, 0.2) is 41.6 Å². The highest BCUT2D eigenvalue weighted by Gasteiger charge is 2.21. The summed E-state index contributed by atoms with van der Waals surface area (Å²) in [6, 6.07) is 5.89. The van der Waals surface area contributed by atoms with Gasteiger partial charge in [-0.1, -0.05) is 11.6 Å². The molecule has 100 valence electrons. The molecule has 19 heavy (non-hydrogen) atoms. The molecule has 1 heterocycles. The van der Waals surface area contributed by atoms with Crippen LogP contribution < -0.4 is 9.46 Å². The van der Waals surface area contributed by atoms with Crippen molar-refractivity contribution in [1.29, 1.82) is 0 Å². The van der Waals surface area contributed by atoms with E-state index in [0.717, 1.165) is 0 Å². The Morgan fingerprint density at radius 3 is 2.58 bits per heavy atom. The van der Waals surface area contributed by atoms with Crippen molar-refractivity contribution in [3.05, 3.63) is 41.7 Å². The van der Waals surface area contributed by atoms with Crippen LogP contribution in [0.25, 0.3) is 0 Å². The molecule has 1 N–H and O–H groups in total. The minimum Gasteiger partial charge on any atom is -0.495 e. The first-order valence-corrected chi connectivity index (χ1v) is 7.02. The van der Waals surface area contributed by atoms with Gasteiger partial charge in [0.05, 0.1) is 7.11 Å². The fraction of sp³-hybridized carbons (Fsp3) is 0.0909. The Labute approximate surface area is 115 Å². The van der Waals surface area contributed by atoms with E-state index >= 15 is 0 Å². The second-order valence-electron chi connectivity index (χ2n) is 3.47. The predicted molar refractivity (Wildman–Crippen MR) is 70.8 cm³/mol. The van der Waals surface area contributed by atoms with Gasteiger partial charge in [-0.05, 0) is 24.3 Å². The average Bonchev–Trinajstić information content (AvgIpc) is 2.39. The highest BCUT2D eigenvalue weighted by atomic mass is 35.5. The van der Waals surface area contributed by atoms with Crippen LogP contribution in [0.5, 0.6) is 5.75 Å². The summed E-state index contributed by atoms with van der Waals surface area (Å²) in [5.74, 6) is 0.164. The van der Waals surface area contributed by atoms with Crippen molar-refractivity contribution >= 4 is 27.6 Å². The van der Waals surface area contributed by atoms with Crippen molar-refractivity contribution in [1.82, 2.24) is 9.97 Å². The van der Waals surface area contributed by atoms with Gasteiger partial charge in [0.25, 0.3) is 10.0 Å². The predicted octanol–water partition coefficient (Wildman–Crippen LogP) is 1.94. The zero-order valence-corrected chi connectivity index (χ0v) is 11.4. The summed E-state index contributed by atoms with van der Waals surface area (Å²) >= 11 is 5.80. The minimum atomic E-state index is -3.86. The van der Waals surface area contributed by atoms with E-state index < -0.39 is 10.0 Å². The third kappa shape index (κ3) is 3.12. The first-order chi connectivity index (χ1) is 9.03. The SMILES string of the molecule is COc1ccc(Cl)cc1S(=O)(=O)Nc1ncccn1. The topological polar surface area (TPSA) is 81.2 Å². The van der Waals surface area contributed by atoms with Gasteiger partial charge in [-0.3, -0.25) is 0 Å². The van der Waals surface area contributed by atoms with Gasteiger partial charge in [-0.25, -0.2) is 23.1 Å². The molecule has 0 fully saturated rings. The molecule has 2 aromatic rings. The number of nitrogens with zero attached hydrogens (tertiary/aromatic N) is 2. The molecule has 0 saturated carbocycles. The van der Waals surface area contributed by atoms with Gasteiger partial charge in [0.1, 0.15) is 10.6 Å². The van der Waals surface area contributed by atoms with Crippen LogP contribution in [0.4, 0.5) is 5.95 Å². The van der Waals surface area contributed by atoms with E-state index in [1.807, 2.05) is 0 Å². The van der Waals surface area contributed by atoms with E-state index in [4.69, 9.17) is 16.3 Å². The van der Waals surface area contributed by atoms with Crippen molar-refractivity contribution in [2.75, 3.05) is 11.8 Å². The number of anilines is 1. The summed E-state index contributed by atoms with van der Waals surface area (Å²) in [6.45, 7) is 0. The summed E-state index contributed by atoms with van der Waals surface area (Å²) in [5.41, 5.74) is 0. The maximum Gasteiger partial charge on any atom is 0.267 e. The molecule has 0 bridgehead atoms. The lowest BCUT2D eigenvalue weighted by Crippen LogP contribution is -2.15. The van der Waals surface area contributed by atoms with E-state index in [-0.39, 0.29) is 21.6 Å². The first-order valence-electron chi connectivity index (χ1n) is 5.16. The zero-order valence-electron chi connectivity index (χ0n) is 9.87. The summed E-state index contributed by atoms with van der Waals surface area (Å²) in [5, 5.41) is 0.287. The van der Waals surface area contributed by atoms with Gasteiger partial charge in [0.15, 0.2) is 0 Å². The van der Waals surface area contributed by atoms with E-state index in [2.05, 4.69) is 14.7 Å². The lowest BCUT2D eigenvalue weighted by atomic mass is 10.3. The van der Waals surface area contributed by atoms with E-state index in [0.29, 0.717) is 0 Å². The number of benzene rings is 1. The van der Waals surface area contributed by atoms with Gasteiger partial charge in [-0.15, -0.1) is 0 Å². The van der Waals surface area contributed by atoms with E-state index in [1.165, 1.54) is 31.6 Å². The summed E-state index contributed by atoms with van der Waals surface area (Å²) in [4.78, 5) is 7.51. The Morgan fingerprint density at radius 1 is 1.26 bits per heavy atom. The smallest absolute Gasteiger partial charge is 0.267 e. The normalized spacial score (nSPS) is 11.1. The third-order valence-electron chi connectivity index (χ3n) is 2.21. The molecule has 1 aromatic heterocycles. The molecule has 0 unspecified atom stereocenters. The highest BCUT2D eigenvalue weighted by Crippen LogP contribution is 2.27. The van der Waals surface area contributed by atoms with Crippen molar-refractivity contribution < 1.29 is 13.2 Å². The minimum absolute atomic E-state index is 0.0236. The van der Waals surface area contributed by atoms with Crippen molar-refractivity contribution in [2.45, 2.75) is 4.90 Å². The number of hydrogen-bond acceptors (Lipinski definition) is 5. The number of aromatic nitrogens is 2. The number of sulfonamides is 1. The Morgan fingerprint density at radius 2 is 1.95 bits per heavy atom. The second-order valence-corrected chi connectivity index (χ2v) is 5.56. The zero-order chi connectivity index (χ0) is 13.9. The van der Waals surface area contributed by atoms with Crippen LogP contribution in [-0.4, -0.2) is 25.5 Å². The number of ether oxygens (including phenoxy) is 1. The maximum absolute atomic E-state index is 12.2. The molecule has 2 rings (SSSR count). The molecule has 0 aliphatic carbocycles. The lowest BCUT2D eigenvalue weighted by Gasteiger charge is -2.10. The molecule has 6 nitrogen and oxygen atoms in total. The van der Waals surface area contributed by atoms with Gasteiger partial charge < -0.3 is 4.74 Å². The molecule has 1 aromatic carbocycles. The summed E-state index contributed by atoms with van der Waals surface area (Å²) in [7, 11) is -2.49.